The second-order valence-corrected chi connectivity index (χ2v) is 4.31. The van der Waals surface area contributed by atoms with E-state index in [9.17, 15) is 0 Å². The fourth-order valence-electron chi connectivity index (χ4n) is 1.69. The first-order valence-corrected chi connectivity index (χ1v) is 5.91. The van der Waals surface area contributed by atoms with Crippen LogP contribution in [0.1, 0.15) is 38.5 Å². The summed E-state index contributed by atoms with van der Waals surface area (Å²) in [5, 5.41) is 12.6. The standard InChI is InChI=1S/C9H17NOS/c1-12-9-7-5-3-2-4-6-8(9)10-11/h9,11H,2-7H2,1H3/b10-8+. The second kappa shape index (κ2) is 5.46. The van der Waals surface area contributed by atoms with Gasteiger partial charge in [0.2, 0.25) is 0 Å². The van der Waals surface area contributed by atoms with Crippen molar-refractivity contribution in [2.24, 2.45) is 5.16 Å². The van der Waals surface area contributed by atoms with Crippen LogP contribution in [-0.4, -0.2) is 22.4 Å². The van der Waals surface area contributed by atoms with Gasteiger partial charge in [-0.3, -0.25) is 0 Å². The average Bonchev–Trinajstić information content (AvgIpc) is 2.05. The van der Waals surface area contributed by atoms with Crippen LogP contribution >= 0.6 is 11.8 Å². The maximum Gasteiger partial charge on any atom is 0.0700 e. The van der Waals surface area contributed by atoms with Gasteiger partial charge in [0, 0.05) is 5.25 Å². The van der Waals surface area contributed by atoms with Crippen LogP contribution in [0.2, 0.25) is 0 Å². The molecule has 1 rings (SSSR count). The molecule has 1 atom stereocenters. The highest BCUT2D eigenvalue weighted by atomic mass is 32.2. The summed E-state index contributed by atoms with van der Waals surface area (Å²) in [6.07, 6.45) is 9.37. The lowest BCUT2D eigenvalue weighted by Gasteiger charge is -2.18. The Morgan fingerprint density at radius 1 is 1.33 bits per heavy atom. The quantitative estimate of drug-likeness (QED) is 0.505. The third kappa shape index (κ3) is 2.70. The largest absolute Gasteiger partial charge is 0.411 e. The van der Waals surface area contributed by atoms with Gasteiger partial charge in [0.25, 0.3) is 0 Å². The highest BCUT2D eigenvalue weighted by Gasteiger charge is 2.16. The number of hydrogen-bond donors (Lipinski definition) is 1. The zero-order chi connectivity index (χ0) is 8.81. The molecular weight excluding hydrogens is 170 g/mol. The molecule has 70 valence electrons. The van der Waals surface area contributed by atoms with Crippen LogP contribution in [0, 0.1) is 0 Å². The molecule has 0 amide bonds. The van der Waals surface area contributed by atoms with E-state index in [1.165, 1.54) is 32.1 Å². The molecule has 0 bridgehead atoms. The van der Waals surface area contributed by atoms with Gasteiger partial charge >= 0.3 is 0 Å². The molecule has 1 saturated carbocycles. The number of rotatable bonds is 1. The summed E-state index contributed by atoms with van der Waals surface area (Å²) in [6, 6.07) is 0. The Kier molecular flexibility index (Phi) is 4.51. The Balaban J connectivity index is 2.52. The minimum Gasteiger partial charge on any atom is -0.411 e. The van der Waals surface area contributed by atoms with Crippen molar-refractivity contribution < 1.29 is 5.21 Å². The van der Waals surface area contributed by atoms with Crippen LogP contribution in [0.25, 0.3) is 0 Å². The molecule has 0 aromatic rings. The van der Waals surface area contributed by atoms with E-state index >= 15 is 0 Å². The maximum atomic E-state index is 8.78. The monoisotopic (exact) mass is 187 g/mol. The van der Waals surface area contributed by atoms with E-state index in [4.69, 9.17) is 5.21 Å². The second-order valence-electron chi connectivity index (χ2n) is 3.27. The molecule has 1 aliphatic carbocycles. The third-order valence-corrected chi connectivity index (χ3v) is 3.51. The van der Waals surface area contributed by atoms with E-state index in [0.717, 1.165) is 12.1 Å². The van der Waals surface area contributed by atoms with Crippen molar-refractivity contribution in [2.75, 3.05) is 6.26 Å². The molecule has 0 aromatic heterocycles. The first-order chi connectivity index (χ1) is 5.88. The zero-order valence-electron chi connectivity index (χ0n) is 7.62. The normalized spacial score (nSPS) is 29.8. The van der Waals surface area contributed by atoms with Gasteiger partial charge in [-0.1, -0.05) is 24.4 Å². The molecule has 0 heterocycles. The summed E-state index contributed by atoms with van der Waals surface area (Å²) in [6.45, 7) is 0. The first-order valence-electron chi connectivity index (χ1n) is 4.62. The molecule has 1 N–H and O–H groups in total. The van der Waals surface area contributed by atoms with Crippen LogP contribution < -0.4 is 0 Å². The van der Waals surface area contributed by atoms with Crippen LogP contribution in [0.3, 0.4) is 0 Å². The van der Waals surface area contributed by atoms with Crippen molar-refractivity contribution in [2.45, 2.75) is 43.8 Å². The van der Waals surface area contributed by atoms with E-state index < -0.39 is 0 Å². The van der Waals surface area contributed by atoms with E-state index in [-0.39, 0.29) is 0 Å². The van der Waals surface area contributed by atoms with Crippen molar-refractivity contribution in [3.05, 3.63) is 0 Å². The molecule has 3 heteroatoms. The van der Waals surface area contributed by atoms with Crippen molar-refractivity contribution in [1.82, 2.24) is 0 Å². The van der Waals surface area contributed by atoms with Gasteiger partial charge < -0.3 is 5.21 Å². The lowest BCUT2D eigenvalue weighted by atomic mass is 9.99. The highest BCUT2D eigenvalue weighted by molar-refractivity contribution is 7.99. The summed E-state index contributed by atoms with van der Waals surface area (Å²) in [5.41, 5.74) is 1.00. The summed E-state index contributed by atoms with van der Waals surface area (Å²) in [4.78, 5) is 0. The molecule has 0 radical (unpaired) electrons. The average molecular weight is 187 g/mol. The molecule has 1 unspecified atom stereocenters. The third-order valence-electron chi connectivity index (χ3n) is 2.43. The van der Waals surface area contributed by atoms with Crippen LogP contribution in [0.4, 0.5) is 0 Å². The topological polar surface area (TPSA) is 32.6 Å². The smallest absolute Gasteiger partial charge is 0.0700 e. The first kappa shape index (κ1) is 9.90. The summed E-state index contributed by atoms with van der Waals surface area (Å²) < 4.78 is 0. The van der Waals surface area contributed by atoms with Crippen LogP contribution in [0.15, 0.2) is 5.16 Å². The molecule has 1 fully saturated rings. The van der Waals surface area contributed by atoms with Gasteiger partial charge in [-0.05, 0) is 25.5 Å². The van der Waals surface area contributed by atoms with Gasteiger partial charge in [0.15, 0.2) is 0 Å². The Bertz CT molecular complexity index is 159. The Labute approximate surface area is 78.4 Å². The molecule has 0 spiro atoms. The molecule has 0 aromatic carbocycles. The lowest BCUT2D eigenvalue weighted by molar-refractivity contribution is 0.315. The Morgan fingerprint density at radius 2 is 2.08 bits per heavy atom. The Hall–Kier alpha value is -0.180. The van der Waals surface area contributed by atoms with Crippen molar-refractivity contribution in [1.29, 1.82) is 0 Å². The number of thioether (sulfide) groups is 1. The molecule has 1 aliphatic rings. The van der Waals surface area contributed by atoms with Crippen LogP contribution in [-0.2, 0) is 0 Å². The minimum atomic E-state index is 0.468. The summed E-state index contributed by atoms with van der Waals surface area (Å²) >= 11 is 1.81. The summed E-state index contributed by atoms with van der Waals surface area (Å²) in [7, 11) is 0. The molecule has 0 aliphatic heterocycles. The predicted molar refractivity (Wildman–Crippen MR) is 54.2 cm³/mol. The highest BCUT2D eigenvalue weighted by Crippen LogP contribution is 2.23. The maximum absolute atomic E-state index is 8.78. The van der Waals surface area contributed by atoms with E-state index in [1.54, 1.807) is 0 Å². The number of oxime groups is 1. The van der Waals surface area contributed by atoms with Gasteiger partial charge in [0.05, 0.1) is 5.71 Å². The van der Waals surface area contributed by atoms with Crippen molar-refractivity contribution in [3.63, 3.8) is 0 Å². The van der Waals surface area contributed by atoms with Gasteiger partial charge in [-0.2, -0.15) is 11.8 Å². The molecule has 0 saturated heterocycles. The predicted octanol–water partition coefficient (Wildman–Crippen LogP) is 2.90. The van der Waals surface area contributed by atoms with Gasteiger partial charge in [-0.15, -0.1) is 0 Å². The van der Waals surface area contributed by atoms with Crippen LogP contribution in [0.5, 0.6) is 0 Å². The fraction of sp³-hybridized carbons (Fsp3) is 0.889. The van der Waals surface area contributed by atoms with E-state index in [0.29, 0.717) is 5.25 Å². The zero-order valence-corrected chi connectivity index (χ0v) is 8.44. The Morgan fingerprint density at radius 3 is 2.75 bits per heavy atom. The van der Waals surface area contributed by atoms with E-state index in [2.05, 4.69) is 11.4 Å². The molecular formula is C9H17NOS. The fourth-order valence-corrected chi connectivity index (χ4v) is 2.52. The van der Waals surface area contributed by atoms with Gasteiger partial charge in [-0.25, -0.2) is 0 Å². The molecule has 2 nitrogen and oxygen atoms in total. The SMILES string of the molecule is CSC1CCCCCC/C1=N\O. The summed E-state index contributed by atoms with van der Waals surface area (Å²) in [5.74, 6) is 0. The minimum absolute atomic E-state index is 0.468. The molecule has 12 heavy (non-hydrogen) atoms. The van der Waals surface area contributed by atoms with E-state index in [1.807, 2.05) is 11.8 Å². The lowest BCUT2D eigenvalue weighted by Crippen LogP contribution is -2.18. The van der Waals surface area contributed by atoms with Crippen molar-refractivity contribution >= 4 is 17.5 Å². The number of nitrogens with zero attached hydrogens (tertiary/aromatic N) is 1. The number of hydrogen-bond acceptors (Lipinski definition) is 3. The van der Waals surface area contributed by atoms with Gasteiger partial charge in [0.1, 0.15) is 0 Å². The van der Waals surface area contributed by atoms with Crippen molar-refractivity contribution in [3.8, 4) is 0 Å².